The SMILES string of the molecule is N#CC1(NC(=O)c2cc(-c3cnn(-c4c(Br)cc(C(F)(C(F)(F)F)C(F)(F)F)n4CC(F)(F)F)c3)ccc2Cl)CC1. The van der Waals surface area contributed by atoms with Gasteiger partial charge in [0.2, 0.25) is 0 Å². The van der Waals surface area contributed by atoms with E-state index < -0.39 is 62.7 Å². The van der Waals surface area contributed by atoms with Crippen LogP contribution < -0.4 is 5.32 Å². The first-order chi connectivity index (χ1) is 18.7. The fraction of sp³-hybridized carbons (Fsp3) is 0.348. The van der Waals surface area contributed by atoms with E-state index in [0.717, 1.165) is 12.4 Å². The molecule has 1 aliphatic rings. The van der Waals surface area contributed by atoms with Gasteiger partial charge < -0.3 is 9.88 Å². The predicted molar refractivity (Wildman–Crippen MR) is 126 cm³/mol. The number of amides is 1. The number of carbonyl (C=O) groups is 1. The van der Waals surface area contributed by atoms with Crippen LogP contribution in [0.2, 0.25) is 5.02 Å². The van der Waals surface area contributed by atoms with Crippen LogP contribution >= 0.6 is 27.5 Å². The molecule has 2 heterocycles. The number of hydrogen-bond donors (Lipinski definition) is 1. The topological polar surface area (TPSA) is 75.6 Å². The van der Waals surface area contributed by atoms with E-state index in [1.807, 2.05) is 6.07 Å². The first kappa shape index (κ1) is 30.7. The Balaban J connectivity index is 1.82. The molecule has 0 spiro atoms. The molecule has 1 N–H and O–H groups in total. The van der Waals surface area contributed by atoms with Gasteiger partial charge in [-0.05, 0) is 52.5 Å². The zero-order valence-electron chi connectivity index (χ0n) is 19.8. The molecule has 1 saturated carbocycles. The Bertz CT molecular complexity index is 1530. The number of carbonyl (C=O) groups excluding carboxylic acids is 1. The van der Waals surface area contributed by atoms with Crippen LogP contribution in [0.15, 0.2) is 41.1 Å². The summed E-state index contributed by atoms with van der Waals surface area (Å²) in [6, 6.07) is 5.78. The highest BCUT2D eigenvalue weighted by atomic mass is 79.9. The number of rotatable bonds is 6. The molecule has 18 heteroatoms. The molecule has 41 heavy (non-hydrogen) atoms. The molecular formula is C23H13BrClF10N5O. The number of aromatic nitrogens is 3. The van der Waals surface area contributed by atoms with Crippen molar-refractivity contribution < 1.29 is 48.7 Å². The van der Waals surface area contributed by atoms with E-state index in [1.165, 1.54) is 18.2 Å². The van der Waals surface area contributed by atoms with E-state index in [2.05, 4.69) is 26.3 Å². The Kier molecular flexibility index (Phi) is 7.44. The summed E-state index contributed by atoms with van der Waals surface area (Å²) in [4.78, 5) is 12.7. The van der Waals surface area contributed by atoms with Crippen molar-refractivity contribution >= 4 is 33.4 Å². The maximum absolute atomic E-state index is 14.9. The molecule has 0 radical (unpaired) electrons. The highest BCUT2D eigenvalue weighted by Gasteiger charge is 2.75. The number of nitrogens with one attached hydrogen (secondary N) is 1. The highest BCUT2D eigenvalue weighted by molar-refractivity contribution is 9.10. The molecule has 220 valence electrons. The van der Waals surface area contributed by atoms with Gasteiger partial charge in [0.15, 0.2) is 0 Å². The molecule has 0 unspecified atom stereocenters. The van der Waals surface area contributed by atoms with Crippen LogP contribution in [0, 0.1) is 11.3 Å². The van der Waals surface area contributed by atoms with E-state index in [-0.39, 0.29) is 27.8 Å². The van der Waals surface area contributed by atoms with Gasteiger partial charge in [-0.15, -0.1) is 0 Å². The fourth-order valence-electron chi connectivity index (χ4n) is 3.96. The number of halogens is 12. The van der Waals surface area contributed by atoms with Gasteiger partial charge in [-0.1, -0.05) is 17.7 Å². The number of hydrogen-bond acceptors (Lipinski definition) is 3. The fourth-order valence-corrected chi connectivity index (χ4v) is 4.77. The van der Waals surface area contributed by atoms with Gasteiger partial charge in [0.05, 0.1) is 33.0 Å². The summed E-state index contributed by atoms with van der Waals surface area (Å²) < 4.78 is 135. The number of nitriles is 1. The third kappa shape index (κ3) is 5.63. The first-order valence-electron chi connectivity index (χ1n) is 11.1. The minimum absolute atomic E-state index is 0.0302. The minimum atomic E-state index is -6.68. The minimum Gasteiger partial charge on any atom is -0.334 e. The summed E-state index contributed by atoms with van der Waals surface area (Å²) in [5.74, 6) is -1.70. The van der Waals surface area contributed by atoms with Crippen LogP contribution in [-0.4, -0.2) is 44.3 Å². The Morgan fingerprint density at radius 3 is 2.17 bits per heavy atom. The Hall–Kier alpha value is -3.26. The standard InChI is InChI=1S/C23H13BrClF10N5O/c24-14-6-16(21(29,22(30,31)32)23(33,34)35)39(10-20(26,27)28)18(14)40-8-12(7-37-40)11-1-2-15(25)13(5-11)17(41)38-19(9-36)3-4-19/h1-2,5-8H,3-4,10H2,(H,38,41). The zero-order valence-corrected chi connectivity index (χ0v) is 22.2. The lowest BCUT2D eigenvalue weighted by atomic mass is 10.0. The molecule has 0 bridgehead atoms. The third-order valence-electron chi connectivity index (χ3n) is 6.16. The van der Waals surface area contributed by atoms with Gasteiger partial charge in [0.1, 0.15) is 17.9 Å². The lowest BCUT2D eigenvalue weighted by Gasteiger charge is -2.31. The summed E-state index contributed by atoms with van der Waals surface area (Å²) in [7, 11) is 0. The summed E-state index contributed by atoms with van der Waals surface area (Å²) in [5.41, 5.74) is -9.46. The number of benzene rings is 1. The summed E-state index contributed by atoms with van der Waals surface area (Å²) >= 11 is 8.73. The van der Waals surface area contributed by atoms with Gasteiger partial charge in [0.25, 0.3) is 5.91 Å². The Morgan fingerprint density at radius 2 is 1.66 bits per heavy atom. The van der Waals surface area contributed by atoms with Crippen LogP contribution in [0.25, 0.3) is 16.9 Å². The zero-order chi connectivity index (χ0) is 30.8. The molecule has 1 aromatic carbocycles. The van der Waals surface area contributed by atoms with Gasteiger partial charge in [-0.25, -0.2) is 9.07 Å². The molecule has 1 fully saturated rings. The van der Waals surface area contributed by atoms with Crippen LogP contribution in [0.1, 0.15) is 28.9 Å². The molecule has 0 aliphatic heterocycles. The van der Waals surface area contributed by atoms with E-state index in [1.54, 1.807) is 0 Å². The largest absolute Gasteiger partial charge is 0.437 e. The number of nitrogens with zero attached hydrogens (tertiary/aromatic N) is 4. The molecule has 1 aliphatic carbocycles. The molecule has 3 aromatic rings. The van der Waals surface area contributed by atoms with E-state index >= 15 is 0 Å². The van der Waals surface area contributed by atoms with E-state index in [4.69, 9.17) is 11.6 Å². The van der Waals surface area contributed by atoms with Gasteiger partial charge in [-0.2, -0.15) is 49.9 Å². The molecule has 2 aromatic heterocycles. The van der Waals surface area contributed by atoms with E-state index in [9.17, 15) is 54.0 Å². The third-order valence-corrected chi connectivity index (χ3v) is 7.07. The quantitative estimate of drug-likeness (QED) is 0.276. The average molecular weight is 681 g/mol. The van der Waals surface area contributed by atoms with Crippen LogP contribution in [0.4, 0.5) is 43.9 Å². The second kappa shape index (κ2) is 9.93. The second-order valence-corrected chi connectivity index (χ2v) is 10.3. The molecule has 0 atom stereocenters. The number of alkyl halides is 10. The van der Waals surface area contributed by atoms with Crippen molar-refractivity contribution in [2.75, 3.05) is 0 Å². The van der Waals surface area contributed by atoms with Crippen LogP contribution in [0.3, 0.4) is 0 Å². The summed E-state index contributed by atoms with van der Waals surface area (Å²) in [6.45, 7) is -2.43. The van der Waals surface area contributed by atoms with Crippen LogP contribution in [-0.2, 0) is 12.2 Å². The van der Waals surface area contributed by atoms with Crippen molar-refractivity contribution in [1.29, 1.82) is 5.26 Å². The van der Waals surface area contributed by atoms with E-state index in [0.29, 0.717) is 17.5 Å². The highest BCUT2D eigenvalue weighted by Crippen LogP contribution is 2.54. The Labute approximate surface area is 236 Å². The summed E-state index contributed by atoms with van der Waals surface area (Å²) in [6.07, 6.45) is -16.0. The lowest BCUT2D eigenvalue weighted by molar-refractivity contribution is -0.351. The molecule has 6 nitrogen and oxygen atoms in total. The lowest BCUT2D eigenvalue weighted by Crippen LogP contribution is -2.52. The van der Waals surface area contributed by atoms with Gasteiger partial charge in [0, 0.05) is 11.8 Å². The second-order valence-electron chi connectivity index (χ2n) is 9.07. The maximum atomic E-state index is 14.9. The van der Waals surface area contributed by atoms with Crippen molar-refractivity contribution in [3.8, 4) is 23.0 Å². The molecular weight excluding hydrogens is 668 g/mol. The smallest absolute Gasteiger partial charge is 0.334 e. The molecule has 0 saturated heterocycles. The van der Waals surface area contributed by atoms with Crippen molar-refractivity contribution in [2.45, 2.75) is 49.1 Å². The van der Waals surface area contributed by atoms with Crippen molar-refractivity contribution in [2.24, 2.45) is 0 Å². The van der Waals surface area contributed by atoms with Crippen molar-refractivity contribution in [3.05, 3.63) is 57.4 Å². The maximum Gasteiger partial charge on any atom is 0.437 e. The monoisotopic (exact) mass is 679 g/mol. The van der Waals surface area contributed by atoms with Crippen molar-refractivity contribution in [1.82, 2.24) is 19.7 Å². The first-order valence-corrected chi connectivity index (χ1v) is 12.3. The molecule has 4 rings (SSSR count). The molecule has 1 amide bonds. The predicted octanol–water partition coefficient (Wildman–Crippen LogP) is 7.39. The van der Waals surface area contributed by atoms with Crippen LogP contribution in [0.5, 0.6) is 0 Å². The normalized spacial score (nSPS) is 15.5. The van der Waals surface area contributed by atoms with Crippen molar-refractivity contribution in [3.63, 3.8) is 0 Å². The van der Waals surface area contributed by atoms with Gasteiger partial charge >= 0.3 is 24.2 Å². The van der Waals surface area contributed by atoms with Gasteiger partial charge in [-0.3, -0.25) is 4.79 Å². The summed E-state index contributed by atoms with van der Waals surface area (Å²) in [5, 5.41) is 15.4. The average Bonchev–Trinajstić information content (AvgIpc) is 3.31. The Morgan fingerprint density at radius 1 is 1.05 bits per heavy atom.